The lowest BCUT2D eigenvalue weighted by atomic mass is 10.3. The number of carbonyl (C=O) groups is 1. The van der Waals surface area contributed by atoms with E-state index >= 15 is 0 Å². The van der Waals surface area contributed by atoms with Gasteiger partial charge < -0.3 is 10.6 Å². The molecule has 0 aliphatic heterocycles. The van der Waals surface area contributed by atoms with Gasteiger partial charge in [0, 0.05) is 12.1 Å². The van der Waals surface area contributed by atoms with Crippen molar-refractivity contribution in [2.75, 3.05) is 11.4 Å². The first-order valence-electron chi connectivity index (χ1n) is 4.53. The first-order chi connectivity index (χ1) is 7.00. The Balaban J connectivity index is 2.93. The molecular formula is C9H13FN4O. The fourth-order valence-corrected chi connectivity index (χ4v) is 1.18. The molecule has 0 aliphatic carbocycles. The molecule has 0 aliphatic rings. The Bertz CT molecular complexity index is 356. The molecule has 0 spiro atoms. The van der Waals surface area contributed by atoms with Gasteiger partial charge in [0.25, 0.3) is 0 Å². The molecule has 1 rings (SSSR count). The summed E-state index contributed by atoms with van der Waals surface area (Å²) in [7, 11) is 0. The summed E-state index contributed by atoms with van der Waals surface area (Å²) in [4.78, 5) is 19.6. The maximum atomic E-state index is 12.8. The fourth-order valence-electron chi connectivity index (χ4n) is 1.18. The van der Waals surface area contributed by atoms with Gasteiger partial charge in [0.2, 0.25) is 11.9 Å². The fraction of sp³-hybridized carbons (Fsp3) is 0.444. The number of carbonyl (C=O) groups excluding carboxylic acids is 1. The van der Waals surface area contributed by atoms with Crippen LogP contribution >= 0.6 is 0 Å². The third-order valence-electron chi connectivity index (χ3n) is 1.86. The monoisotopic (exact) mass is 212 g/mol. The highest BCUT2D eigenvalue weighted by molar-refractivity contribution is 5.79. The molecule has 15 heavy (non-hydrogen) atoms. The molecule has 1 aromatic heterocycles. The van der Waals surface area contributed by atoms with Crippen LogP contribution in [0.15, 0.2) is 12.4 Å². The van der Waals surface area contributed by atoms with Crippen LogP contribution in [0.1, 0.15) is 13.8 Å². The van der Waals surface area contributed by atoms with E-state index in [9.17, 15) is 9.18 Å². The molecule has 6 heteroatoms. The number of anilines is 1. The van der Waals surface area contributed by atoms with Crippen molar-refractivity contribution in [2.45, 2.75) is 19.9 Å². The molecule has 1 aromatic rings. The van der Waals surface area contributed by atoms with Gasteiger partial charge in [-0.25, -0.2) is 9.97 Å². The number of nitrogens with two attached hydrogens (primary N) is 1. The van der Waals surface area contributed by atoms with Gasteiger partial charge in [-0.1, -0.05) is 0 Å². The number of aromatic nitrogens is 2. The Morgan fingerprint density at radius 1 is 1.60 bits per heavy atom. The van der Waals surface area contributed by atoms with Crippen LogP contribution in [-0.4, -0.2) is 28.5 Å². The van der Waals surface area contributed by atoms with Crippen molar-refractivity contribution < 1.29 is 9.18 Å². The third-order valence-corrected chi connectivity index (χ3v) is 1.86. The van der Waals surface area contributed by atoms with E-state index in [4.69, 9.17) is 5.73 Å². The van der Waals surface area contributed by atoms with Crippen LogP contribution in [-0.2, 0) is 4.79 Å². The predicted octanol–water partition coefficient (Wildman–Crippen LogP) is 0.316. The number of amides is 1. The largest absolute Gasteiger partial charge is 0.368 e. The molecule has 0 saturated carbocycles. The highest BCUT2D eigenvalue weighted by Gasteiger charge is 2.14. The standard InChI is InChI=1S/C9H13FN4O/c1-6(2)14(4-8(11)15)9-3-7(10)12-5-13-9/h3,5-6H,4H2,1-2H3,(H2,11,15). The zero-order chi connectivity index (χ0) is 11.4. The molecule has 0 unspecified atom stereocenters. The van der Waals surface area contributed by atoms with E-state index in [1.165, 1.54) is 6.07 Å². The lowest BCUT2D eigenvalue weighted by Gasteiger charge is -2.25. The molecule has 5 nitrogen and oxygen atoms in total. The Morgan fingerprint density at radius 2 is 2.27 bits per heavy atom. The van der Waals surface area contributed by atoms with Crippen LogP contribution in [0, 0.1) is 5.95 Å². The van der Waals surface area contributed by atoms with E-state index in [2.05, 4.69) is 9.97 Å². The van der Waals surface area contributed by atoms with E-state index in [1.807, 2.05) is 13.8 Å². The number of hydrogen-bond donors (Lipinski definition) is 1. The predicted molar refractivity (Wildman–Crippen MR) is 53.7 cm³/mol. The second-order valence-corrected chi connectivity index (χ2v) is 3.39. The van der Waals surface area contributed by atoms with Gasteiger partial charge in [-0.05, 0) is 13.8 Å². The van der Waals surface area contributed by atoms with Crippen molar-refractivity contribution in [1.82, 2.24) is 9.97 Å². The summed E-state index contributed by atoms with van der Waals surface area (Å²) in [6.45, 7) is 3.74. The van der Waals surface area contributed by atoms with Crippen LogP contribution in [0.4, 0.5) is 10.2 Å². The van der Waals surface area contributed by atoms with E-state index in [0.717, 1.165) is 6.33 Å². The molecule has 2 N–H and O–H groups in total. The van der Waals surface area contributed by atoms with Crippen LogP contribution < -0.4 is 10.6 Å². The minimum Gasteiger partial charge on any atom is -0.368 e. The van der Waals surface area contributed by atoms with Crippen LogP contribution in [0.2, 0.25) is 0 Å². The van der Waals surface area contributed by atoms with Crippen molar-refractivity contribution in [2.24, 2.45) is 5.73 Å². The zero-order valence-corrected chi connectivity index (χ0v) is 8.64. The van der Waals surface area contributed by atoms with Gasteiger partial charge >= 0.3 is 0 Å². The molecule has 0 radical (unpaired) electrons. The zero-order valence-electron chi connectivity index (χ0n) is 8.64. The van der Waals surface area contributed by atoms with E-state index < -0.39 is 11.9 Å². The summed E-state index contributed by atoms with van der Waals surface area (Å²) < 4.78 is 12.8. The molecule has 0 saturated heterocycles. The van der Waals surface area contributed by atoms with E-state index in [0.29, 0.717) is 5.82 Å². The molecular weight excluding hydrogens is 199 g/mol. The summed E-state index contributed by atoms with van der Waals surface area (Å²) in [5.41, 5.74) is 5.09. The topological polar surface area (TPSA) is 72.1 Å². The molecule has 82 valence electrons. The van der Waals surface area contributed by atoms with E-state index in [-0.39, 0.29) is 12.6 Å². The highest BCUT2D eigenvalue weighted by atomic mass is 19.1. The smallest absolute Gasteiger partial charge is 0.237 e. The van der Waals surface area contributed by atoms with Crippen molar-refractivity contribution in [1.29, 1.82) is 0 Å². The lowest BCUT2D eigenvalue weighted by Crippen LogP contribution is -2.39. The van der Waals surface area contributed by atoms with Crippen LogP contribution in [0.25, 0.3) is 0 Å². The average Bonchev–Trinajstić information content (AvgIpc) is 2.13. The average molecular weight is 212 g/mol. The van der Waals surface area contributed by atoms with Crippen LogP contribution in [0.3, 0.4) is 0 Å². The normalized spacial score (nSPS) is 10.4. The van der Waals surface area contributed by atoms with Gasteiger partial charge in [0.15, 0.2) is 0 Å². The van der Waals surface area contributed by atoms with Gasteiger partial charge in [-0.3, -0.25) is 4.79 Å². The highest BCUT2D eigenvalue weighted by Crippen LogP contribution is 2.12. The van der Waals surface area contributed by atoms with Gasteiger partial charge in [-0.15, -0.1) is 0 Å². The van der Waals surface area contributed by atoms with Crippen molar-refractivity contribution in [3.8, 4) is 0 Å². The van der Waals surface area contributed by atoms with Crippen LogP contribution in [0.5, 0.6) is 0 Å². The van der Waals surface area contributed by atoms with Crippen molar-refractivity contribution in [3.63, 3.8) is 0 Å². The minimum atomic E-state index is -0.630. The minimum absolute atomic E-state index is 0.00630. The molecule has 0 aromatic carbocycles. The molecule has 0 atom stereocenters. The summed E-state index contributed by atoms with van der Waals surface area (Å²) in [5, 5.41) is 0. The Kier molecular flexibility index (Phi) is 3.54. The van der Waals surface area contributed by atoms with Crippen molar-refractivity contribution in [3.05, 3.63) is 18.3 Å². The quantitative estimate of drug-likeness (QED) is 0.729. The van der Waals surface area contributed by atoms with Gasteiger partial charge in [0.1, 0.15) is 12.1 Å². The summed E-state index contributed by atoms with van der Waals surface area (Å²) >= 11 is 0. The second-order valence-electron chi connectivity index (χ2n) is 3.39. The maximum absolute atomic E-state index is 12.8. The Hall–Kier alpha value is -1.72. The lowest BCUT2D eigenvalue weighted by molar-refractivity contribution is -0.116. The number of hydrogen-bond acceptors (Lipinski definition) is 4. The summed E-state index contributed by atoms with van der Waals surface area (Å²) in [6, 6.07) is 1.18. The molecule has 0 bridgehead atoms. The van der Waals surface area contributed by atoms with Gasteiger partial charge in [0.05, 0.1) is 6.54 Å². The Morgan fingerprint density at radius 3 is 2.73 bits per heavy atom. The second kappa shape index (κ2) is 4.68. The first kappa shape index (κ1) is 11.4. The van der Waals surface area contributed by atoms with E-state index in [1.54, 1.807) is 4.90 Å². The number of rotatable bonds is 4. The molecule has 0 fully saturated rings. The summed E-state index contributed by atoms with van der Waals surface area (Å²) in [5.74, 6) is -0.755. The number of primary amides is 1. The van der Waals surface area contributed by atoms with Crippen molar-refractivity contribution >= 4 is 11.7 Å². The van der Waals surface area contributed by atoms with Gasteiger partial charge in [-0.2, -0.15) is 4.39 Å². The number of nitrogens with zero attached hydrogens (tertiary/aromatic N) is 3. The maximum Gasteiger partial charge on any atom is 0.237 e. The molecule has 1 amide bonds. The number of halogens is 1. The Labute approximate surface area is 87.1 Å². The first-order valence-corrected chi connectivity index (χ1v) is 4.53. The summed E-state index contributed by atoms with van der Waals surface area (Å²) in [6.07, 6.45) is 1.11. The molecule has 1 heterocycles. The third kappa shape index (κ3) is 3.16. The SMILES string of the molecule is CC(C)N(CC(N)=O)c1cc(F)ncn1.